The number of carbonyl (C=O) groups excluding carboxylic acids is 1. The molecule has 0 atom stereocenters. The van der Waals surface area contributed by atoms with Gasteiger partial charge in [-0.3, -0.25) is 24.8 Å². The minimum absolute atomic E-state index is 0.0293. The lowest BCUT2D eigenvalue weighted by molar-refractivity contribution is -0.421. The number of rotatable bonds is 4. The highest BCUT2D eigenvalue weighted by Gasteiger charge is 2.40. The van der Waals surface area contributed by atoms with Crippen LogP contribution >= 0.6 is 0 Å². The molecule has 5 aromatic carbocycles. The molecular formula is C33H25N3O6. The second-order valence-electron chi connectivity index (χ2n) is 10.9. The highest BCUT2D eigenvalue weighted by Crippen LogP contribution is 2.52. The average Bonchev–Trinajstić information content (AvgIpc) is 3.39. The van der Waals surface area contributed by atoms with E-state index in [2.05, 4.69) is 0 Å². The fourth-order valence-electron chi connectivity index (χ4n) is 5.60. The SMILES string of the molecule is CC(C)(C)OC(=O)n1ccc2c(-c3cccc4ccccc34)c([N+](=O)[O-])c([N+](=O)[O-])c(-c3cccc4ccccc34)c21. The lowest BCUT2D eigenvalue weighted by Crippen LogP contribution is -2.26. The van der Waals surface area contributed by atoms with E-state index < -0.39 is 32.9 Å². The van der Waals surface area contributed by atoms with Gasteiger partial charge in [-0.2, -0.15) is 0 Å². The summed E-state index contributed by atoms with van der Waals surface area (Å²) >= 11 is 0. The first kappa shape index (κ1) is 26.6. The van der Waals surface area contributed by atoms with E-state index in [0.717, 1.165) is 10.8 Å². The van der Waals surface area contributed by atoms with E-state index in [0.29, 0.717) is 27.3 Å². The number of carbonyl (C=O) groups is 1. The van der Waals surface area contributed by atoms with Gasteiger partial charge >= 0.3 is 17.5 Å². The molecule has 9 nitrogen and oxygen atoms in total. The van der Waals surface area contributed by atoms with E-state index in [-0.39, 0.29) is 16.6 Å². The van der Waals surface area contributed by atoms with Gasteiger partial charge < -0.3 is 4.74 Å². The smallest absolute Gasteiger partial charge is 0.419 e. The maximum atomic E-state index is 13.6. The van der Waals surface area contributed by atoms with Crippen LogP contribution in [0.5, 0.6) is 0 Å². The van der Waals surface area contributed by atoms with Crippen molar-refractivity contribution in [2.75, 3.05) is 0 Å². The van der Waals surface area contributed by atoms with Gasteiger partial charge in [0, 0.05) is 11.6 Å². The molecule has 0 aliphatic carbocycles. The summed E-state index contributed by atoms with van der Waals surface area (Å²) < 4.78 is 6.89. The van der Waals surface area contributed by atoms with Gasteiger partial charge in [0.15, 0.2) is 0 Å². The van der Waals surface area contributed by atoms with E-state index in [4.69, 9.17) is 4.74 Å². The number of hydrogen-bond acceptors (Lipinski definition) is 6. The van der Waals surface area contributed by atoms with Gasteiger partial charge in [0.05, 0.1) is 26.5 Å². The third-order valence-corrected chi connectivity index (χ3v) is 7.16. The predicted octanol–water partition coefficient (Wildman–Crippen LogP) is 8.88. The van der Waals surface area contributed by atoms with E-state index in [1.807, 2.05) is 42.5 Å². The fraction of sp³-hybridized carbons (Fsp3) is 0.121. The van der Waals surface area contributed by atoms with Crippen molar-refractivity contribution < 1.29 is 19.4 Å². The molecule has 0 saturated heterocycles. The van der Waals surface area contributed by atoms with Crippen molar-refractivity contribution >= 4 is 49.9 Å². The summed E-state index contributed by atoms with van der Waals surface area (Å²) in [5.74, 6) is 0. The summed E-state index contributed by atoms with van der Waals surface area (Å²) in [6.07, 6.45) is 0.695. The largest absolute Gasteiger partial charge is 0.443 e. The molecule has 1 aromatic heterocycles. The third-order valence-electron chi connectivity index (χ3n) is 7.16. The number of nitrogens with zero attached hydrogens (tertiary/aromatic N) is 3. The van der Waals surface area contributed by atoms with Crippen LogP contribution in [0, 0.1) is 20.2 Å². The summed E-state index contributed by atoms with van der Waals surface area (Å²) in [5.41, 5.74) is -1.19. The standard InChI is InChI=1S/C33H25N3O6/c1-33(2,3)42-32(37)34-19-18-26-27(24-16-8-12-20-10-4-6-14-22(20)24)30(35(38)39)31(36(40)41)28(29(26)34)25-17-9-13-21-11-5-7-15-23(21)25/h4-19H,1-3H3. The van der Waals surface area contributed by atoms with Crippen LogP contribution in [0.3, 0.4) is 0 Å². The molecule has 0 spiro atoms. The van der Waals surface area contributed by atoms with E-state index in [1.54, 1.807) is 69.3 Å². The van der Waals surface area contributed by atoms with Gasteiger partial charge in [0.2, 0.25) is 0 Å². The summed E-state index contributed by atoms with van der Waals surface area (Å²) in [7, 11) is 0. The van der Waals surface area contributed by atoms with Crippen molar-refractivity contribution in [2.45, 2.75) is 26.4 Å². The molecule has 208 valence electrons. The van der Waals surface area contributed by atoms with Gasteiger partial charge in [0.25, 0.3) is 0 Å². The molecule has 0 amide bonds. The fourth-order valence-corrected chi connectivity index (χ4v) is 5.60. The number of ether oxygens (including phenoxy) is 1. The first-order valence-electron chi connectivity index (χ1n) is 13.3. The van der Waals surface area contributed by atoms with Crippen LogP contribution in [0.15, 0.2) is 97.2 Å². The van der Waals surface area contributed by atoms with Crippen LogP contribution in [0.4, 0.5) is 16.2 Å². The third kappa shape index (κ3) is 4.32. The van der Waals surface area contributed by atoms with Gasteiger partial charge in [-0.1, -0.05) is 84.9 Å². The molecule has 6 aromatic rings. The second-order valence-corrected chi connectivity index (χ2v) is 10.9. The van der Waals surface area contributed by atoms with Crippen molar-refractivity contribution in [2.24, 2.45) is 0 Å². The van der Waals surface area contributed by atoms with Crippen LogP contribution in [0.1, 0.15) is 20.8 Å². The van der Waals surface area contributed by atoms with Crippen molar-refractivity contribution in [3.63, 3.8) is 0 Å². The molecule has 0 saturated carbocycles. The monoisotopic (exact) mass is 559 g/mol. The number of benzene rings is 5. The van der Waals surface area contributed by atoms with Gasteiger partial charge in [-0.05, 0) is 59.5 Å². The number of aromatic nitrogens is 1. The zero-order valence-corrected chi connectivity index (χ0v) is 23.0. The van der Waals surface area contributed by atoms with Crippen LogP contribution < -0.4 is 0 Å². The zero-order valence-electron chi connectivity index (χ0n) is 23.0. The Balaban J connectivity index is 1.88. The van der Waals surface area contributed by atoms with E-state index >= 15 is 0 Å². The number of nitro groups is 2. The lowest BCUT2D eigenvalue weighted by Gasteiger charge is -2.21. The van der Waals surface area contributed by atoms with Crippen molar-refractivity contribution in [3.05, 3.63) is 117 Å². The molecule has 0 N–H and O–H groups in total. The Morgan fingerprint density at radius 2 is 1.14 bits per heavy atom. The van der Waals surface area contributed by atoms with Gasteiger partial charge in [0.1, 0.15) is 5.60 Å². The minimum atomic E-state index is -0.863. The summed E-state index contributed by atoms with van der Waals surface area (Å²) in [6, 6.07) is 26.8. The summed E-state index contributed by atoms with van der Waals surface area (Å²) in [6.45, 7) is 5.16. The minimum Gasteiger partial charge on any atom is -0.443 e. The Morgan fingerprint density at radius 3 is 1.67 bits per heavy atom. The van der Waals surface area contributed by atoms with Crippen LogP contribution in [0.25, 0.3) is 54.7 Å². The highest BCUT2D eigenvalue weighted by molar-refractivity contribution is 6.19. The highest BCUT2D eigenvalue weighted by atomic mass is 16.6. The first-order valence-corrected chi connectivity index (χ1v) is 13.3. The Kier molecular flexibility index (Phi) is 6.22. The van der Waals surface area contributed by atoms with Crippen LogP contribution in [0.2, 0.25) is 0 Å². The molecule has 0 unspecified atom stereocenters. The van der Waals surface area contributed by atoms with Crippen LogP contribution in [-0.2, 0) is 4.74 Å². The molecule has 9 heteroatoms. The summed E-state index contributed by atoms with van der Waals surface area (Å²) in [4.78, 5) is 38.0. The van der Waals surface area contributed by atoms with Gasteiger partial charge in [-0.15, -0.1) is 0 Å². The first-order chi connectivity index (χ1) is 20.1. The molecule has 0 bridgehead atoms. The average molecular weight is 560 g/mol. The Hall–Kier alpha value is -5.57. The zero-order chi connectivity index (χ0) is 29.8. The Morgan fingerprint density at radius 1 is 0.667 bits per heavy atom. The summed E-state index contributed by atoms with van der Waals surface area (Å²) in [5, 5.41) is 29.1. The molecule has 1 heterocycles. The molecule has 0 radical (unpaired) electrons. The number of hydrogen-bond donors (Lipinski definition) is 0. The Bertz CT molecular complexity index is 2080. The van der Waals surface area contributed by atoms with E-state index in [9.17, 15) is 25.0 Å². The molecule has 42 heavy (non-hydrogen) atoms. The van der Waals surface area contributed by atoms with Crippen molar-refractivity contribution in [1.29, 1.82) is 0 Å². The van der Waals surface area contributed by atoms with E-state index in [1.165, 1.54) is 10.8 Å². The second kappa shape index (κ2) is 9.81. The molecule has 6 rings (SSSR count). The Labute approximate surface area is 239 Å². The molecular weight excluding hydrogens is 534 g/mol. The topological polar surface area (TPSA) is 118 Å². The van der Waals surface area contributed by atoms with Crippen LogP contribution in [-0.4, -0.2) is 26.1 Å². The maximum Gasteiger partial charge on any atom is 0.419 e. The number of fused-ring (bicyclic) bond motifs is 3. The molecule has 0 aliphatic rings. The van der Waals surface area contributed by atoms with Crippen molar-refractivity contribution in [1.82, 2.24) is 4.57 Å². The normalized spacial score (nSPS) is 11.7. The molecule has 0 fully saturated rings. The van der Waals surface area contributed by atoms with Crippen molar-refractivity contribution in [3.8, 4) is 22.3 Å². The lowest BCUT2D eigenvalue weighted by atomic mass is 9.88. The number of nitro benzene ring substituents is 2. The maximum absolute atomic E-state index is 13.6. The predicted molar refractivity (Wildman–Crippen MR) is 163 cm³/mol. The molecule has 0 aliphatic heterocycles. The quantitative estimate of drug-likeness (QED) is 0.157. The van der Waals surface area contributed by atoms with Gasteiger partial charge in [-0.25, -0.2) is 4.79 Å².